The average Bonchev–Trinajstić information content (AvgIpc) is 1.77. The molecule has 7 heavy (non-hydrogen) atoms. The van der Waals surface area contributed by atoms with Crippen LogP contribution in [0.5, 0.6) is 0 Å². The van der Waals surface area contributed by atoms with Gasteiger partial charge in [-0.25, -0.2) is 0 Å². The second-order valence-electron chi connectivity index (χ2n) is 1.82. The van der Waals surface area contributed by atoms with Gasteiger partial charge >= 0.3 is 0 Å². The summed E-state index contributed by atoms with van der Waals surface area (Å²) in [5, 5.41) is 0. The zero-order valence-corrected chi connectivity index (χ0v) is 4.46. The van der Waals surface area contributed by atoms with Crippen LogP contribution in [0.3, 0.4) is 0 Å². The first kappa shape index (κ1) is 3.48. The molecular weight excluding hydrogens is 84.1 g/mol. The first-order valence-electron chi connectivity index (χ1n) is 3.15. The lowest BCUT2D eigenvalue weighted by atomic mass is 10.0. The van der Waals surface area contributed by atoms with Crippen LogP contribution in [0.25, 0.3) is 0 Å². The lowest BCUT2D eigenvalue weighted by molar-refractivity contribution is 0.737. The van der Waals surface area contributed by atoms with E-state index in [0.717, 1.165) is 0 Å². The van der Waals surface area contributed by atoms with Gasteiger partial charge in [0.2, 0.25) is 0 Å². The molecule has 0 saturated carbocycles. The Morgan fingerprint density at radius 1 is 1.71 bits per heavy atom. The van der Waals surface area contributed by atoms with Gasteiger partial charge in [0.25, 0.3) is 0 Å². The van der Waals surface area contributed by atoms with E-state index in [-0.39, 0.29) is 6.40 Å². The Balaban J connectivity index is 2.59. The summed E-state index contributed by atoms with van der Waals surface area (Å²) in [7, 11) is 0. The van der Waals surface area contributed by atoms with Crippen molar-refractivity contribution in [1.82, 2.24) is 0 Å². The molecule has 0 bridgehead atoms. The molecule has 1 aliphatic carbocycles. The van der Waals surface area contributed by atoms with Gasteiger partial charge in [0.15, 0.2) is 0 Å². The van der Waals surface area contributed by atoms with Gasteiger partial charge in [0.05, 0.1) is 0 Å². The van der Waals surface area contributed by atoms with Crippen molar-refractivity contribution < 1.29 is 1.37 Å². The summed E-state index contributed by atoms with van der Waals surface area (Å²) in [5.41, 5.74) is 0. The number of rotatable bonds is 0. The molecule has 0 nitrogen and oxygen atoms in total. The van der Waals surface area contributed by atoms with Crippen LogP contribution in [0.2, 0.25) is 0 Å². The molecule has 1 aliphatic rings. The van der Waals surface area contributed by atoms with Gasteiger partial charge in [-0.15, -0.1) is 0 Å². The molecule has 0 fully saturated rings. The molecule has 0 heterocycles. The van der Waals surface area contributed by atoms with Crippen molar-refractivity contribution >= 4 is 0 Å². The highest BCUT2D eigenvalue weighted by Gasteiger charge is 1.93. The molecule has 0 radical (unpaired) electrons. The summed E-state index contributed by atoms with van der Waals surface area (Å²) in [4.78, 5) is 0. The van der Waals surface area contributed by atoms with Gasteiger partial charge < -0.3 is 0 Å². The normalized spacial score (nSPS) is 41.0. The maximum atomic E-state index is 7.34. The van der Waals surface area contributed by atoms with E-state index in [1.165, 1.54) is 0 Å². The zero-order chi connectivity index (χ0) is 5.98. The zero-order valence-electron chi connectivity index (χ0n) is 5.46. The fourth-order valence-corrected chi connectivity index (χ4v) is 0.607. The van der Waals surface area contributed by atoms with Gasteiger partial charge in [0.1, 0.15) is 0 Å². The third-order valence-corrected chi connectivity index (χ3v) is 1.05. The Labute approximate surface area is 45.9 Å². The molecule has 38 valence electrons. The van der Waals surface area contributed by atoms with Crippen LogP contribution in [-0.4, -0.2) is 0 Å². The van der Waals surface area contributed by atoms with Crippen LogP contribution >= 0.6 is 0 Å². The van der Waals surface area contributed by atoms with Gasteiger partial charge in [-0.1, -0.05) is 31.2 Å². The Bertz CT molecular complexity index is 108. The van der Waals surface area contributed by atoms with Gasteiger partial charge in [-0.2, -0.15) is 0 Å². The molecule has 0 saturated heterocycles. The molecule has 2 unspecified atom stereocenters. The summed E-state index contributed by atoms with van der Waals surface area (Å²) in [6, 6.07) is 0. The lowest BCUT2D eigenvalue weighted by Crippen LogP contribution is -1.87. The van der Waals surface area contributed by atoms with E-state index >= 15 is 0 Å². The van der Waals surface area contributed by atoms with E-state index < -0.39 is 0 Å². The van der Waals surface area contributed by atoms with Crippen molar-refractivity contribution in [2.45, 2.75) is 13.3 Å². The van der Waals surface area contributed by atoms with E-state index in [1.807, 2.05) is 18.2 Å². The molecule has 2 atom stereocenters. The molecule has 0 N–H and O–H groups in total. The highest BCUT2D eigenvalue weighted by atomic mass is 14.0. The Hall–Kier alpha value is -0.520. The highest BCUT2D eigenvalue weighted by molar-refractivity contribution is 5.09. The maximum absolute atomic E-state index is 7.34. The fourth-order valence-electron chi connectivity index (χ4n) is 0.607. The summed E-state index contributed by atoms with van der Waals surface area (Å²) in [6.45, 7) is 2.05. The number of allylic oxidation sites excluding steroid dienone is 4. The van der Waals surface area contributed by atoms with E-state index in [2.05, 4.69) is 13.0 Å². The summed E-state index contributed by atoms with van der Waals surface area (Å²) < 4.78 is 7.34. The molecule has 0 spiro atoms. The fraction of sp³-hybridized carbons (Fsp3) is 0.429. The minimum atomic E-state index is -0.0139. The molecule has 0 heteroatoms. The molecule has 0 amide bonds. The minimum absolute atomic E-state index is 0.0139. The molecule has 0 aromatic rings. The summed E-state index contributed by atoms with van der Waals surface area (Å²) >= 11 is 0. The first-order chi connectivity index (χ1) is 3.80. The van der Waals surface area contributed by atoms with Crippen molar-refractivity contribution in [1.29, 1.82) is 0 Å². The Morgan fingerprint density at radius 2 is 2.57 bits per heavy atom. The largest absolute Gasteiger partial charge is 0.0840 e. The monoisotopic (exact) mass is 95.1 g/mol. The first-order valence-corrected chi connectivity index (χ1v) is 2.58. The van der Waals surface area contributed by atoms with Gasteiger partial charge in [-0.05, 0) is 12.3 Å². The molecule has 0 aromatic carbocycles. The van der Waals surface area contributed by atoms with Crippen LogP contribution in [0.1, 0.15) is 14.7 Å². The second-order valence-corrected chi connectivity index (χ2v) is 1.82. The van der Waals surface area contributed by atoms with Crippen LogP contribution in [0.15, 0.2) is 24.3 Å². The topological polar surface area (TPSA) is 0 Å². The SMILES string of the molecule is [2H]C1C=CC=CC1C. The molecule has 1 rings (SSSR count). The Morgan fingerprint density at radius 3 is 3.00 bits per heavy atom. The third-order valence-electron chi connectivity index (χ3n) is 1.05. The molecule has 0 aliphatic heterocycles. The predicted molar refractivity (Wildman–Crippen MR) is 32.1 cm³/mol. The Kier molecular flexibility index (Phi) is 0.977. The van der Waals surface area contributed by atoms with Crippen molar-refractivity contribution in [3.8, 4) is 0 Å². The van der Waals surface area contributed by atoms with Crippen molar-refractivity contribution in [2.24, 2.45) is 5.92 Å². The van der Waals surface area contributed by atoms with Gasteiger partial charge in [0, 0.05) is 1.37 Å². The minimum Gasteiger partial charge on any atom is -0.0840 e. The standard InChI is InChI=1S/C7H10/c1-7-5-3-2-4-6-7/h2-5,7H,6H2,1H3/i6D. The number of hydrogen-bond donors (Lipinski definition) is 0. The summed E-state index contributed by atoms with van der Waals surface area (Å²) in [6.07, 6.45) is 7.87. The van der Waals surface area contributed by atoms with E-state index in [1.54, 1.807) is 0 Å². The second kappa shape index (κ2) is 1.97. The van der Waals surface area contributed by atoms with Crippen molar-refractivity contribution in [3.05, 3.63) is 24.3 Å². The summed E-state index contributed by atoms with van der Waals surface area (Å²) in [5.74, 6) is 0.403. The van der Waals surface area contributed by atoms with E-state index in [0.29, 0.717) is 5.92 Å². The smallest absolute Gasteiger partial charge is 0.0316 e. The van der Waals surface area contributed by atoms with Crippen molar-refractivity contribution in [3.63, 3.8) is 0 Å². The number of hydrogen-bond acceptors (Lipinski definition) is 0. The van der Waals surface area contributed by atoms with E-state index in [4.69, 9.17) is 1.37 Å². The quantitative estimate of drug-likeness (QED) is 0.432. The van der Waals surface area contributed by atoms with Crippen molar-refractivity contribution in [2.75, 3.05) is 0 Å². The van der Waals surface area contributed by atoms with E-state index in [9.17, 15) is 0 Å². The van der Waals surface area contributed by atoms with Crippen LogP contribution in [0.4, 0.5) is 0 Å². The van der Waals surface area contributed by atoms with Gasteiger partial charge in [-0.3, -0.25) is 0 Å². The lowest BCUT2D eigenvalue weighted by Gasteiger charge is -2.02. The maximum Gasteiger partial charge on any atom is 0.0316 e. The van der Waals surface area contributed by atoms with Crippen LogP contribution in [-0.2, 0) is 0 Å². The molecule has 0 aromatic heterocycles. The average molecular weight is 95.2 g/mol. The third kappa shape index (κ3) is 1.19. The highest BCUT2D eigenvalue weighted by Crippen LogP contribution is 2.08. The van der Waals surface area contributed by atoms with Crippen LogP contribution < -0.4 is 0 Å². The molecular formula is C7H10. The predicted octanol–water partition coefficient (Wildman–Crippen LogP) is 2.14. The van der Waals surface area contributed by atoms with Crippen LogP contribution in [0, 0.1) is 5.92 Å².